The molecule has 84 valence electrons. The first-order chi connectivity index (χ1) is 7.63. The van der Waals surface area contributed by atoms with Crippen LogP contribution in [0.2, 0.25) is 0 Å². The summed E-state index contributed by atoms with van der Waals surface area (Å²) in [5.41, 5.74) is 7.44. The van der Waals surface area contributed by atoms with E-state index in [9.17, 15) is 4.39 Å². The first kappa shape index (κ1) is 11.0. The summed E-state index contributed by atoms with van der Waals surface area (Å²) in [6.45, 7) is 0. The Morgan fingerprint density at radius 1 is 1.38 bits per heavy atom. The molecule has 2 N–H and O–H groups in total. The molecule has 2 aromatic rings. The lowest BCUT2D eigenvalue weighted by Gasteiger charge is -2.06. The maximum Gasteiger partial charge on any atom is 0.129 e. The molecule has 0 amide bonds. The lowest BCUT2D eigenvalue weighted by molar-refractivity contribution is 0.627. The number of aromatic nitrogens is 2. The first-order valence-corrected chi connectivity index (χ1v) is 5.97. The number of rotatable bonds is 2. The van der Waals surface area contributed by atoms with Crippen LogP contribution in [-0.2, 0) is 7.05 Å². The molecule has 0 saturated heterocycles. The zero-order valence-electron chi connectivity index (χ0n) is 9.07. The van der Waals surface area contributed by atoms with Crippen LogP contribution in [0.3, 0.4) is 0 Å². The van der Waals surface area contributed by atoms with Crippen LogP contribution < -0.4 is 5.73 Å². The number of hydrogen-bond acceptors (Lipinski definition) is 3. The van der Waals surface area contributed by atoms with Crippen molar-refractivity contribution in [3.63, 3.8) is 0 Å². The van der Waals surface area contributed by atoms with Crippen molar-refractivity contribution in [1.29, 1.82) is 0 Å². The topological polar surface area (TPSA) is 43.8 Å². The molecule has 0 aliphatic rings. The van der Waals surface area contributed by atoms with Crippen molar-refractivity contribution in [1.82, 2.24) is 9.78 Å². The van der Waals surface area contributed by atoms with Crippen LogP contribution in [0.25, 0.3) is 11.1 Å². The number of hydrogen-bond donors (Lipinski definition) is 1. The van der Waals surface area contributed by atoms with Gasteiger partial charge < -0.3 is 5.73 Å². The van der Waals surface area contributed by atoms with Gasteiger partial charge in [0.2, 0.25) is 0 Å². The average Bonchev–Trinajstić information content (AvgIpc) is 2.60. The fourth-order valence-corrected chi connectivity index (χ4v) is 2.14. The van der Waals surface area contributed by atoms with Gasteiger partial charge in [0, 0.05) is 23.1 Å². The van der Waals surface area contributed by atoms with E-state index in [1.807, 2.05) is 6.26 Å². The minimum atomic E-state index is -0.268. The summed E-state index contributed by atoms with van der Waals surface area (Å²) in [6, 6.07) is 4.68. The van der Waals surface area contributed by atoms with Crippen LogP contribution in [0.4, 0.5) is 10.2 Å². The largest absolute Gasteiger partial charge is 0.383 e. The summed E-state index contributed by atoms with van der Waals surface area (Å²) in [5, 5.41) is 4.06. The monoisotopic (exact) mass is 237 g/mol. The minimum Gasteiger partial charge on any atom is -0.383 e. The highest BCUT2D eigenvalue weighted by Crippen LogP contribution is 2.33. The van der Waals surface area contributed by atoms with Crippen molar-refractivity contribution in [3.05, 3.63) is 30.2 Å². The highest BCUT2D eigenvalue weighted by atomic mass is 32.2. The van der Waals surface area contributed by atoms with E-state index in [0.29, 0.717) is 5.82 Å². The van der Waals surface area contributed by atoms with Crippen LogP contribution in [-0.4, -0.2) is 16.0 Å². The van der Waals surface area contributed by atoms with Gasteiger partial charge >= 0.3 is 0 Å². The zero-order valence-corrected chi connectivity index (χ0v) is 9.88. The molecule has 1 aromatic carbocycles. The van der Waals surface area contributed by atoms with Gasteiger partial charge in [0.25, 0.3) is 0 Å². The number of halogens is 1. The molecule has 0 fully saturated rings. The highest BCUT2D eigenvalue weighted by Gasteiger charge is 2.12. The number of thioether (sulfide) groups is 1. The van der Waals surface area contributed by atoms with Crippen molar-refractivity contribution in [3.8, 4) is 11.1 Å². The summed E-state index contributed by atoms with van der Waals surface area (Å²) in [4.78, 5) is 0.987. The van der Waals surface area contributed by atoms with Gasteiger partial charge in [-0.1, -0.05) is 0 Å². The number of nitrogens with zero attached hydrogens (tertiary/aromatic N) is 2. The van der Waals surface area contributed by atoms with E-state index in [1.165, 1.54) is 12.1 Å². The van der Waals surface area contributed by atoms with Gasteiger partial charge in [-0.2, -0.15) is 5.10 Å². The summed E-state index contributed by atoms with van der Waals surface area (Å²) < 4.78 is 14.8. The van der Waals surface area contributed by atoms with Gasteiger partial charge in [-0.3, -0.25) is 4.68 Å². The summed E-state index contributed by atoms with van der Waals surface area (Å²) >= 11 is 1.56. The van der Waals surface area contributed by atoms with Crippen LogP contribution in [0.1, 0.15) is 0 Å². The van der Waals surface area contributed by atoms with E-state index in [0.717, 1.165) is 16.0 Å². The molecule has 0 aliphatic heterocycles. The van der Waals surface area contributed by atoms with Crippen molar-refractivity contribution in [2.75, 3.05) is 12.0 Å². The molecular formula is C11H12FN3S. The number of nitrogen functional groups attached to an aromatic ring is 1. The van der Waals surface area contributed by atoms with Gasteiger partial charge in [-0.05, 0) is 24.5 Å². The van der Waals surface area contributed by atoms with Crippen LogP contribution in [0.15, 0.2) is 29.3 Å². The van der Waals surface area contributed by atoms with Gasteiger partial charge in [0.15, 0.2) is 0 Å². The second-order valence-electron chi connectivity index (χ2n) is 3.41. The molecular weight excluding hydrogens is 225 g/mol. The second kappa shape index (κ2) is 4.17. The molecule has 0 spiro atoms. The normalized spacial score (nSPS) is 10.7. The van der Waals surface area contributed by atoms with E-state index in [-0.39, 0.29) is 5.82 Å². The number of aryl methyl sites for hydroxylation is 1. The first-order valence-electron chi connectivity index (χ1n) is 4.75. The van der Waals surface area contributed by atoms with Crippen LogP contribution in [0, 0.1) is 5.82 Å². The minimum absolute atomic E-state index is 0.268. The zero-order chi connectivity index (χ0) is 11.7. The predicted octanol–water partition coefficient (Wildman–Crippen LogP) is 2.53. The molecule has 0 radical (unpaired) electrons. The van der Waals surface area contributed by atoms with Crippen molar-refractivity contribution in [2.24, 2.45) is 7.05 Å². The molecule has 0 aliphatic carbocycles. The number of benzene rings is 1. The smallest absolute Gasteiger partial charge is 0.129 e. The van der Waals surface area contributed by atoms with Crippen molar-refractivity contribution >= 4 is 17.6 Å². The van der Waals surface area contributed by atoms with E-state index >= 15 is 0 Å². The van der Waals surface area contributed by atoms with Crippen molar-refractivity contribution < 1.29 is 4.39 Å². The lowest BCUT2D eigenvalue weighted by Crippen LogP contribution is -1.98. The summed E-state index contributed by atoms with van der Waals surface area (Å²) in [5.74, 6) is 0.275. The SMILES string of the molecule is CSc1ccc(F)cc1-c1cnn(C)c1N. The Labute approximate surface area is 97.5 Å². The fraction of sp³-hybridized carbons (Fsp3) is 0.182. The molecule has 0 atom stereocenters. The van der Waals surface area contributed by atoms with E-state index in [1.54, 1.807) is 35.8 Å². The van der Waals surface area contributed by atoms with E-state index in [4.69, 9.17) is 5.73 Å². The Balaban J connectivity index is 2.62. The standard InChI is InChI=1S/C11H12FN3S/c1-15-11(13)9(6-14-15)8-5-7(12)3-4-10(8)16-2/h3-6H,13H2,1-2H3. The highest BCUT2D eigenvalue weighted by molar-refractivity contribution is 7.98. The van der Waals surface area contributed by atoms with E-state index in [2.05, 4.69) is 5.10 Å². The maximum absolute atomic E-state index is 13.2. The molecule has 0 bridgehead atoms. The molecule has 0 unspecified atom stereocenters. The molecule has 16 heavy (non-hydrogen) atoms. The predicted molar refractivity (Wildman–Crippen MR) is 64.8 cm³/mol. The van der Waals surface area contributed by atoms with E-state index < -0.39 is 0 Å². The van der Waals surface area contributed by atoms with Crippen LogP contribution in [0.5, 0.6) is 0 Å². The third-order valence-corrected chi connectivity index (χ3v) is 3.23. The van der Waals surface area contributed by atoms with Gasteiger partial charge in [0.05, 0.1) is 6.20 Å². The molecule has 3 nitrogen and oxygen atoms in total. The third kappa shape index (κ3) is 1.78. The Bertz CT molecular complexity index is 522. The Morgan fingerprint density at radius 3 is 2.69 bits per heavy atom. The molecule has 1 heterocycles. The number of nitrogens with two attached hydrogens (primary N) is 1. The average molecular weight is 237 g/mol. The fourth-order valence-electron chi connectivity index (χ4n) is 1.55. The molecule has 0 saturated carbocycles. The maximum atomic E-state index is 13.2. The molecule has 2 rings (SSSR count). The Kier molecular flexibility index (Phi) is 2.87. The van der Waals surface area contributed by atoms with Crippen molar-refractivity contribution in [2.45, 2.75) is 4.90 Å². The Hall–Kier alpha value is -1.49. The van der Waals surface area contributed by atoms with Gasteiger partial charge in [-0.25, -0.2) is 4.39 Å². The summed E-state index contributed by atoms with van der Waals surface area (Å²) in [7, 11) is 1.76. The second-order valence-corrected chi connectivity index (χ2v) is 4.26. The third-order valence-electron chi connectivity index (χ3n) is 2.44. The molecule has 5 heteroatoms. The Morgan fingerprint density at radius 2 is 2.12 bits per heavy atom. The lowest BCUT2D eigenvalue weighted by atomic mass is 10.1. The van der Waals surface area contributed by atoms with Gasteiger partial charge in [-0.15, -0.1) is 11.8 Å². The van der Waals surface area contributed by atoms with Gasteiger partial charge in [0.1, 0.15) is 11.6 Å². The van der Waals surface area contributed by atoms with Crippen LogP contribution >= 0.6 is 11.8 Å². The quantitative estimate of drug-likeness (QED) is 0.816. The summed E-state index contributed by atoms with van der Waals surface area (Å²) in [6.07, 6.45) is 3.60. The molecule has 1 aromatic heterocycles. The number of anilines is 1.